The third-order valence-corrected chi connectivity index (χ3v) is 4.15. The van der Waals surface area contributed by atoms with Gasteiger partial charge in [-0.25, -0.2) is 0 Å². The highest BCUT2D eigenvalue weighted by molar-refractivity contribution is 8.00. The average molecular weight is 268 g/mol. The van der Waals surface area contributed by atoms with E-state index in [4.69, 9.17) is 9.84 Å². The van der Waals surface area contributed by atoms with Crippen LogP contribution >= 0.6 is 11.8 Å². The van der Waals surface area contributed by atoms with E-state index in [0.717, 1.165) is 29.1 Å². The van der Waals surface area contributed by atoms with Crippen molar-refractivity contribution in [2.24, 2.45) is 0 Å². The summed E-state index contributed by atoms with van der Waals surface area (Å²) in [4.78, 5) is 0.989. The zero-order valence-electron chi connectivity index (χ0n) is 11.1. The molecule has 2 rings (SSSR count). The molecule has 18 heavy (non-hydrogen) atoms. The molecule has 1 atom stereocenters. The summed E-state index contributed by atoms with van der Waals surface area (Å²) in [5.41, 5.74) is 0.863. The number of rotatable bonds is 3. The van der Waals surface area contributed by atoms with Crippen LogP contribution in [-0.2, 0) is 5.41 Å². The van der Waals surface area contributed by atoms with Gasteiger partial charge in [0.25, 0.3) is 0 Å². The SMILES string of the molecule is CC(C)(C)c1cc2c(cc1O)SC(CCCO)O2. The molecule has 1 unspecified atom stereocenters. The van der Waals surface area contributed by atoms with Gasteiger partial charge in [-0.05, 0) is 30.4 Å². The predicted octanol–water partition coefficient (Wildman–Crippen LogP) is 3.27. The number of hydrogen-bond donors (Lipinski definition) is 2. The summed E-state index contributed by atoms with van der Waals surface area (Å²) in [5, 5.41) is 18.9. The molecule has 0 bridgehead atoms. The van der Waals surface area contributed by atoms with E-state index in [1.165, 1.54) is 0 Å². The third-order valence-electron chi connectivity index (χ3n) is 2.98. The van der Waals surface area contributed by atoms with Crippen molar-refractivity contribution in [3.05, 3.63) is 17.7 Å². The van der Waals surface area contributed by atoms with Crippen LogP contribution in [0.25, 0.3) is 0 Å². The predicted molar refractivity (Wildman–Crippen MR) is 73.4 cm³/mol. The Hall–Kier alpha value is -0.870. The van der Waals surface area contributed by atoms with E-state index >= 15 is 0 Å². The minimum absolute atomic E-state index is 0.0572. The van der Waals surface area contributed by atoms with E-state index in [-0.39, 0.29) is 17.5 Å². The van der Waals surface area contributed by atoms with E-state index in [1.807, 2.05) is 6.07 Å². The highest BCUT2D eigenvalue weighted by Crippen LogP contribution is 2.47. The molecule has 0 aromatic heterocycles. The first kappa shape index (κ1) is 13.6. The van der Waals surface area contributed by atoms with Gasteiger partial charge in [0.2, 0.25) is 0 Å². The second kappa shape index (κ2) is 5.02. The van der Waals surface area contributed by atoms with Crippen LogP contribution in [0.1, 0.15) is 39.2 Å². The minimum Gasteiger partial charge on any atom is -0.508 e. The van der Waals surface area contributed by atoms with Crippen LogP contribution in [0.2, 0.25) is 0 Å². The molecule has 1 aromatic rings. The molecule has 1 aliphatic heterocycles. The molecule has 0 spiro atoms. The van der Waals surface area contributed by atoms with Crippen LogP contribution in [0.3, 0.4) is 0 Å². The monoisotopic (exact) mass is 268 g/mol. The number of aliphatic hydroxyl groups is 1. The molecule has 100 valence electrons. The first-order chi connectivity index (χ1) is 8.41. The highest BCUT2D eigenvalue weighted by atomic mass is 32.2. The molecule has 1 aromatic carbocycles. The maximum absolute atomic E-state index is 10.1. The van der Waals surface area contributed by atoms with Gasteiger partial charge in [-0.15, -0.1) is 0 Å². The number of thioether (sulfide) groups is 1. The minimum atomic E-state index is -0.101. The zero-order valence-corrected chi connectivity index (χ0v) is 11.9. The van der Waals surface area contributed by atoms with Crippen molar-refractivity contribution in [1.29, 1.82) is 0 Å². The number of aromatic hydroxyl groups is 1. The zero-order chi connectivity index (χ0) is 13.3. The molecule has 3 nitrogen and oxygen atoms in total. The van der Waals surface area contributed by atoms with Crippen molar-refractivity contribution in [1.82, 2.24) is 0 Å². The maximum atomic E-state index is 10.1. The topological polar surface area (TPSA) is 49.7 Å². The quantitative estimate of drug-likeness (QED) is 0.883. The number of fused-ring (bicyclic) bond motifs is 1. The van der Waals surface area contributed by atoms with Gasteiger partial charge in [0.05, 0.1) is 4.90 Å². The number of ether oxygens (including phenoxy) is 1. The summed E-state index contributed by atoms with van der Waals surface area (Å²) in [6.07, 6.45) is 1.56. The molecule has 0 saturated carbocycles. The molecule has 0 amide bonds. The molecular formula is C14H20O3S. The van der Waals surface area contributed by atoms with Crippen molar-refractivity contribution in [2.45, 2.75) is 49.4 Å². The Morgan fingerprint density at radius 3 is 2.67 bits per heavy atom. The summed E-state index contributed by atoms with van der Waals surface area (Å²) < 4.78 is 5.84. The lowest BCUT2D eigenvalue weighted by atomic mass is 9.86. The summed E-state index contributed by atoms with van der Waals surface area (Å²) in [7, 11) is 0. The smallest absolute Gasteiger partial charge is 0.149 e. The van der Waals surface area contributed by atoms with Gasteiger partial charge in [-0.3, -0.25) is 0 Å². The molecular weight excluding hydrogens is 248 g/mol. The number of hydrogen-bond acceptors (Lipinski definition) is 4. The van der Waals surface area contributed by atoms with E-state index in [2.05, 4.69) is 20.8 Å². The number of phenolic OH excluding ortho intramolecular Hbond substituents is 1. The van der Waals surface area contributed by atoms with Gasteiger partial charge in [0.1, 0.15) is 16.9 Å². The number of aliphatic hydroxyl groups excluding tert-OH is 1. The second-order valence-corrected chi connectivity index (χ2v) is 6.80. The Morgan fingerprint density at radius 2 is 2.06 bits per heavy atom. The normalized spacial score (nSPS) is 18.6. The van der Waals surface area contributed by atoms with Crippen molar-refractivity contribution in [3.63, 3.8) is 0 Å². The van der Waals surface area contributed by atoms with E-state index in [1.54, 1.807) is 17.8 Å². The third kappa shape index (κ3) is 2.75. The summed E-state index contributed by atoms with van der Waals surface area (Å²) in [6.45, 7) is 6.40. The van der Waals surface area contributed by atoms with Gasteiger partial charge in [0.15, 0.2) is 0 Å². The first-order valence-electron chi connectivity index (χ1n) is 6.23. The summed E-state index contributed by atoms with van der Waals surface area (Å²) >= 11 is 1.62. The lowest BCUT2D eigenvalue weighted by Crippen LogP contribution is -2.12. The number of benzene rings is 1. The molecule has 0 radical (unpaired) electrons. The second-order valence-electron chi connectivity index (χ2n) is 5.60. The average Bonchev–Trinajstić information content (AvgIpc) is 2.65. The lowest BCUT2D eigenvalue weighted by molar-refractivity contribution is 0.239. The van der Waals surface area contributed by atoms with E-state index in [9.17, 15) is 5.11 Å². The van der Waals surface area contributed by atoms with Gasteiger partial charge >= 0.3 is 0 Å². The van der Waals surface area contributed by atoms with Gasteiger partial charge in [0, 0.05) is 12.2 Å². The van der Waals surface area contributed by atoms with Gasteiger partial charge in [-0.2, -0.15) is 0 Å². The lowest BCUT2D eigenvalue weighted by Gasteiger charge is -2.21. The van der Waals surface area contributed by atoms with Crippen molar-refractivity contribution < 1.29 is 14.9 Å². The van der Waals surface area contributed by atoms with Crippen molar-refractivity contribution >= 4 is 11.8 Å². The largest absolute Gasteiger partial charge is 0.508 e. The van der Waals surface area contributed by atoms with Gasteiger partial charge < -0.3 is 14.9 Å². The fourth-order valence-electron chi connectivity index (χ4n) is 2.02. The van der Waals surface area contributed by atoms with Crippen molar-refractivity contribution in [2.75, 3.05) is 6.61 Å². The Labute approximate surface area is 112 Å². The highest BCUT2D eigenvalue weighted by Gasteiger charge is 2.28. The Kier molecular flexibility index (Phi) is 3.78. The summed E-state index contributed by atoms with van der Waals surface area (Å²) in [6, 6.07) is 3.73. The molecule has 4 heteroatoms. The van der Waals surface area contributed by atoms with Crippen LogP contribution in [0, 0.1) is 0 Å². The van der Waals surface area contributed by atoms with E-state index < -0.39 is 0 Å². The molecule has 0 aliphatic carbocycles. The van der Waals surface area contributed by atoms with Gasteiger partial charge in [-0.1, -0.05) is 32.5 Å². The molecule has 1 heterocycles. The van der Waals surface area contributed by atoms with Crippen LogP contribution in [-0.4, -0.2) is 22.3 Å². The Bertz CT molecular complexity index is 437. The molecule has 0 saturated heterocycles. The van der Waals surface area contributed by atoms with E-state index in [0.29, 0.717) is 5.75 Å². The summed E-state index contributed by atoms with van der Waals surface area (Å²) in [5.74, 6) is 1.19. The van der Waals surface area contributed by atoms with Crippen LogP contribution in [0.4, 0.5) is 0 Å². The van der Waals surface area contributed by atoms with Crippen LogP contribution < -0.4 is 4.74 Å². The number of phenols is 1. The molecule has 1 aliphatic rings. The Balaban J connectivity index is 2.21. The Morgan fingerprint density at radius 1 is 1.33 bits per heavy atom. The fourth-order valence-corrected chi connectivity index (χ4v) is 3.14. The molecule has 2 N–H and O–H groups in total. The van der Waals surface area contributed by atoms with Crippen LogP contribution in [0.5, 0.6) is 11.5 Å². The standard InChI is InChI=1S/C14H20O3S/c1-14(2,3)9-7-11-12(8-10(9)16)18-13(17-11)5-4-6-15/h7-8,13,15-16H,4-6H2,1-3H3. The van der Waals surface area contributed by atoms with Crippen LogP contribution in [0.15, 0.2) is 17.0 Å². The maximum Gasteiger partial charge on any atom is 0.149 e. The fraction of sp³-hybridized carbons (Fsp3) is 0.571. The molecule has 0 fully saturated rings. The van der Waals surface area contributed by atoms with Crippen molar-refractivity contribution in [3.8, 4) is 11.5 Å². The first-order valence-corrected chi connectivity index (χ1v) is 7.11.